The number of benzene rings is 1. The van der Waals surface area contributed by atoms with E-state index in [9.17, 15) is 0 Å². The number of hydrogen-bond acceptors (Lipinski definition) is 4. The molecule has 1 aromatic rings. The third kappa shape index (κ3) is 3.51. The third-order valence-corrected chi connectivity index (χ3v) is 4.51. The van der Waals surface area contributed by atoms with Gasteiger partial charge in [-0.15, -0.1) is 0 Å². The lowest BCUT2D eigenvalue weighted by Crippen LogP contribution is -2.52. The van der Waals surface area contributed by atoms with Crippen molar-refractivity contribution in [2.75, 3.05) is 38.7 Å². The molecular weight excluding hydrogens is 300 g/mol. The van der Waals surface area contributed by atoms with Crippen LogP contribution in [-0.2, 0) is 9.47 Å². The molecule has 0 radical (unpaired) electrons. The fourth-order valence-electron chi connectivity index (χ4n) is 2.86. The number of methoxy groups -OCH3 is 1. The Bertz CT molecular complexity index is 522. The highest BCUT2D eigenvalue weighted by Crippen LogP contribution is 2.31. The van der Waals surface area contributed by atoms with Crippen molar-refractivity contribution in [2.24, 2.45) is 0 Å². The van der Waals surface area contributed by atoms with Gasteiger partial charge in [-0.05, 0) is 30.8 Å². The summed E-state index contributed by atoms with van der Waals surface area (Å²) in [5.74, 6) is 0.440. The van der Waals surface area contributed by atoms with Crippen LogP contribution >= 0.6 is 12.2 Å². The van der Waals surface area contributed by atoms with E-state index in [-0.39, 0.29) is 5.79 Å². The van der Waals surface area contributed by atoms with Gasteiger partial charge in [-0.1, -0.05) is 6.07 Å². The van der Waals surface area contributed by atoms with E-state index >= 15 is 0 Å². The number of anilines is 1. The van der Waals surface area contributed by atoms with Crippen LogP contribution in [0.25, 0.3) is 0 Å². The highest BCUT2D eigenvalue weighted by atomic mass is 32.1. The largest absolute Gasteiger partial charge is 0.497 e. The molecule has 5 nitrogen and oxygen atoms in total. The van der Waals surface area contributed by atoms with Crippen molar-refractivity contribution < 1.29 is 14.2 Å². The average molecular weight is 322 g/mol. The maximum atomic E-state index is 5.85. The Morgan fingerprint density at radius 1 is 1.27 bits per heavy atom. The van der Waals surface area contributed by atoms with Crippen LogP contribution in [0.2, 0.25) is 0 Å². The van der Waals surface area contributed by atoms with Gasteiger partial charge in [-0.2, -0.15) is 0 Å². The van der Waals surface area contributed by atoms with Crippen LogP contribution in [0.1, 0.15) is 19.3 Å². The summed E-state index contributed by atoms with van der Waals surface area (Å²) in [5.41, 5.74) is 0.940. The summed E-state index contributed by atoms with van der Waals surface area (Å²) in [7, 11) is 1.66. The number of thiocarbonyl (C=S) groups is 1. The fourth-order valence-corrected chi connectivity index (χ4v) is 3.16. The number of nitrogens with zero attached hydrogens (tertiary/aromatic N) is 1. The first-order valence-electron chi connectivity index (χ1n) is 7.69. The fraction of sp³-hybridized carbons (Fsp3) is 0.562. The molecular formula is C16H22N2O3S. The minimum absolute atomic E-state index is 0.375. The zero-order valence-corrected chi connectivity index (χ0v) is 13.7. The maximum absolute atomic E-state index is 5.85. The lowest BCUT2D eigenvalue weighted by Gasteiger charge is -2.44. The Morgan fingerprint density at radius 2 is 2.00 bits per heavy atom. The molecule has 6 heteroatoms. The van der Waals surface area contributed by atoms with E-state index in [1.165, 1.54) is 0 Å². The number of rotatable bonds is 2. The first-order valence-corrected chi connectivity index (χ1v) is 8.09. The molecule has 0 aromatic heterocycles. The van der Waals surface area contributed by atoms with Crippen LogP contribution in [0.15, 0.2) is 24.3 Å². The van der Waals surface area contributed by atoms with Crippen LogP contribution in [0, 0.1) is 0 Å². The summed E-state index contributed by atoms with van der Waals surface area (Å²) in [4.78, 5) is 2.17. The number of likely N-dealkylation sites (tertiary alicyclic amines) is 1. The standard InChI is InChI=1S/C16H22N2O3S/c1-19-14-5-2-4-13(12-14)17-15(22)18-8-6-16(7-9-18)20-10-3-11-21-16/h2,4-5,12H,3,6-11H2,1H3,(H,17,22). The normalized spacial score (nSPS) is 20.7. The van der Waals surface area contributed by atoms with Gasteiger partial charge in [-0.25, -0.2) is 0 Å². The number of ether oxygens (including phenoxy) is 3. The average Bonchev–Trinajstić information content (AvgIpc) is 2.56. The molecule has 0 bridgehead atoms. The number of piperidine rings is 1. The summed E-state index contributed by atoms with van der Waals surface area (Å²) in [6.45, 7) is 3.28. The molecule has 3 rings (SSSR count). The summed E-state index contributed by atoms with van der Waals surface area (Å²) in [6.07, 6.45) is 2.70. The molecule has 22 heavy (non-hydrogen) atoms. The molecule has 0 saturated carbocycles. The molecule has 0 aliphatic carbocycles. The summed E-state index contributed by atoms with van der Waals surface area (Å²) >= 11 is 5.52. The van der Waals surface area contributed by atoms with Crippen LogP contribution in [-0.4, -0.2) is 49.2 Å². The second-order valence-corrected chi connectivity index (χ2v) is 6.00. The van der Waals surface area contributed by atoms with E-state index in [2.05, 4.69) is 10.2 Å². The van der Waals surface area contributed by atoms with Crippen LogP contribution < -0.4 is 10.1 Å². The van der Waals surface area contributed by atoms with Gasteiger partial charge >= 0.3 is 0 Å². The molecule has 2 saturated heterocycles. The van der Waals surface area contributed by atoms with Crippen LogP contribution in [0.4, 0.5) is 5.69 Å². The predicted molar refractivity (Wildman–Crippen MR) is 89.3 cm³/mol. The van der Waals surface area contributed by atoms with Crippen molar-refractivity contribution in [2.45, 2.75) is 25.0 Å². The van der Waals surface area contributed by atoms with Crippen molar-refractivity contribution in [3.63, 3.8) is 0 Å². The minimum Gasteiger partial charge on any atom is -0.497 e. The third-order valence-electron chi connectivity index (χ3n) is 4.15. The maximum Gasteiger partial charge on any atom is 0.173 e. The van der Waals surface area contributed by atoms with Crippen molar-refractivity contribution in [1.29, 1.82) is 0 Å². The SMILES string of the molecule is COc1cccc(NC(=S)N2CCC3(CC2)OCCCO3)c1. The highest BCUT2D eigenvalue weighted by Gasteiger charge is 2.38. The first kappa shape index (κ1) is 15.5. The Hall–Kier alpha value is -1.37. The Morgan fingerprint density at radius 3 is 2.68 bits per heavy atom. The molecule has 120 valence electrons. The Balaban J connectivity index is 1.55. The molecule has 2 aliphatic heterocycles. The summed E-state index contributed by atoms with van der Waals surface area (Å²) < 4.78 is 16.9. The van der Waals surface area contributed by atoms with Crippen LogP contribution in [0.5, 0.6) is 5.75 Å². The number of nitrogens with one attached hydrogen (secondary N) is 1. The van der Waals surface area contributed by atoms with E-state index in [0.717, 1.165) is 62.1 Å². The van der Waals surface area contributed by atoms with E-state index in [1.54, 1.807) is 7.11 Å². The van der Waals surface area contributed by atoms with Gasteiger partial charge in [0.15, 0.2) is 10.9 Å². The Labute approximate surface area is 136 Å². The highest BCUT2D eigenvalue weighted by molar-refractivity contribution is 7.80. The van der Waals surface area contributed by atoms with Gasteiger partial charge in [0.1, 0.15) is 5.75 Å². The van der Waals surface area contributed by atoms with Crippen molar-refractivity contribution in [3.05, 3.63) is 24.3 Å². The van der Waals surface area contributed by atoms with Crippen molar-refractivity contribution in [3.8, 4) is 5.75 Å². The zero-order chi connectivity index (χ0) is 15.4. The van der Waals surface area contributed by atoms with Crippen LogP contribution in [0.3, 0.4) is 0 Å². The monoisotopic (exact) mass is 322 g/mol. The second-order valence-electron chi connectivity index (χ2n) is 5.61. The zero-order valence-electron chi connectivity index (χ0n) is 12.8. The molecule has 2 heterocycles. The Kier molecular flexibility index (Phi) is 4.81. The van der Waals surface area contributed by atoms with Gasteiger partial charge in [0, 0.05) is 37.7 Å². The lowest BCUT2D eigenvalue weighted by molar-refractivity contribution is -0.281. The molecule has 1 aromatic carbocycles. The quantitative estimate of drug-likeness (QED) is 0.845. The van der Waals surface area contributed by atoms with Gasteiger partial charge in [0.2, 0.25) is 0 Å². The molecule has 0 atom stereocenters. The smallest absolute Gasteiger partial charge is 0.173 e. The molecule has 0 amide bonds. The summed E-state index contributed by atoms with van der Waals surface area (Å²) in [5, 5.41) is 4.01. The molecule has 2 aliphatic rings. The molecule has 1 N–H and O–H groups in total. The molecule has 1 spiro atoms. The second kappa shape index (κ2) is 6.81. The first-order chi connectivity index (χ1) is 10.7. The minimum atomic E-state index is -0.375. The predicted octanol–water partition coefficient (Wildman–Crippen LogP) is 2.62. The van der Waals surface area contributed by atoms with E-state index in [4.69, 9.17) is 26.4 Å². The van der Waals surface area contributed by atoms with Crippen molar-refractivity contribution >= 4 is 23.0 Å². The van der Waals surface area contributed by atoms with Gasteiger partial charge in [-0.3, -0.25) is 0 Å². The lowest BCUT2D eigenvalue weighted by atomic mass is 10.0. The van der Waals surface area contributed by atoms with Gasteiger partial charge in [0.05, 0.1) is 20.3 Å². The summed E-state index contributed by atoms with van der Waals surface area (Å²) in [6, 6.07) is 7.77. The van der Waals surface area contributed by atoms with E-state index < -0.39 is 0 Å². The van der Waals surface area contributed by atoms with E-state index in [1.807, 2.05) is 24.3 Å². The number of hydrogen-bond donors (Lipinski definition) is 1. The van der Waals surface area contributed by atoms with Gasteiger partial charge in [0.25, 0.3) is 0 Å². The topological polar surface area (TPSA) is 43.0 Å². The molecule has 0 unspecified atom stereocenters. The van der Waals surface area contributed by atoms with Crippen molar-refractivity contribution in [1.82, 2.24) is 4.90 Å². The molecule has 2 fully saturated rings. The van der Waals surface area contributed by atoms with Gasteiger partial charge < -0.3 is 24.4 Å². The van der Waals surface area contributed by atoms with E-state index in [0.29, 0.717) is 0 Å².